The van der Waals surface area contributed by atoms with E-state index in [2.05, 4.69) is 15.9 Å². The van der Waals surface area contributed by atoms with Gasteiger partial charge >= 0.3 is 6.09 Å². The van der Waals surface area contributed by atoms with Crippen molar-refractivity contribution >= 4 is 22.0 Å². The molecule has 1 heterocycles. The number of hydrogen-bond donors (Lipinski definition) is 1. The average Bonchev–Trinajstić information content (AvgIpc) is 2.46. The van der Waals surface area contributed by atoms with Gasteiger partial charge in [-0.15, -0.1) is 0 Å². The summed E-state index contributed by atoms with van der Waals surface area (Å²) >= 11 is 3.48. The van der Waals surface area contributed by atoms with E-state index < -0.39 is 11.7 Å². The smallest absolute Gasteiger partial charge is 0.410 e. The Kier molecular flexibility index (Phi) is 6.09. The summed E-state index contributed by atoms with van der Waals surface area (Å²) in [5.41, 5.74) is 0.363. The Labute approximate surface area is 147 Å². The van der Waals surface area contributed by atoms with Gasteiger partial charge < -0.3 is 14.7 Å². The number of halogens is 1. The van der Waals surface area contributed by atoms with Gasteiger partial charge in [0.05, 0.1) is 6.10 Å². The number of carbonyl (C=O) groups excluding carboxylic acids is 1. The molecule has 1 aromatic rings. The molecule has 0 aliphatic carbocycles. The first-order valence-electron chi connectivity index (χ1n) is 8.20. The fourth-order valence-electron chi connectivity index (χ4n) is 2.94. The minimum absolute atomic E-state index is 0.0145. The Bertz CT molecular complexity index is 541. The third-order valence-corrected chi connectivity index (χ3v) is 4.74. The summed E-state index contributed by atoms with van der Waals surface area (Å²) in [6, 6.07) is 7.69. The van der Waals surface area contributed by atoms with Crippen LogP contribution >= 0.6 is 15.9 Å². The maximum Gasteiger partial charge on any atom is 0.410 e. The van der Waals surface area contributed by atoms with Gasteiger partial charge in [0.1, 0.15) is 5.60 Å². The topological polar surface area (TPSA) is 49.8 Å². The highest BCUT2D eigenvalue weighted by Gasteiger charge is 2.32. The van der Waals surface area contributed by atoms with Crippen molar-refractivity contribution in [2.75, 3.05) is 6.54 Å². The number of carbonyl (C=O) groups is 1. The predicted octanol–water partition coefficient (Wildman–Crippen LogP) is 4.66. The number of piperidine rings is 1. The maximum absolute atomic E-state index is 12.4. The van der Waals surface area contributed by atoms with Crippen LogP contribution in [0, 0.1) is 0 Å². The molecule has 5 heteroatoms. The number of aliphatic hydroxyl groups is 1. The van der Waals surface area contributed by atoms with Crippen LogP contribution in [0.2, 0.25) is 0 Å². The fraction of sp³-hybridized carbons (Fsp3) is 0.611. The highest BCUT2D eigenvalue weighted by atomic mass is 79.9. The van der Waals surface area contributed by atoms with E-state index in [-0.39, 0.29) is 12.1 Å². The summed E-state index contributed by atoms with van der Waals surface area (Å²) in [6.45, 7) is 6.32. The molecule has 0 aromatic heterocycles. The number of hydrogen-bond acceptors (Lipinski definition) is 3. The minimum Gasteiger partial charge on any atom is -0.444 e. The van der Waals surface area contributed by atoms with Crippen molar-refractivity contribution in [1.82, 2.24) is 4.90 Å². The van der Waals surface area contributed by atoms with Crippen molar-refractivity contribution in [3.8, 4) is 0 Å². The van der Waals surface area contributed by atoms with E-state index in [0.717, 1.165) is 29.3 Å². The molecule has 1 amide bonds. The van der Waals surface area contributed by atoms with Gasteiger partial charge in [-0.2, -0.15) is 0 Å². The van der Waals surface area contributed by atoms with Crippen molar-refractivity contribution in [3.05, 3.63) is 34.3 Å². The molecule has 1 N–H and O–H groups in total. The maximum atomic E-state index is 12.4. The van der Waals surface area contributed by atoms with E-state index in [1.165, 1.54) is 0 Å². The summed E-state index contributed by atoms with van der Waals surface area (Å²) in [7, 11) is 0. The molecule has 1 aromatic carbocycles. The molecule has 0 unspecified atom stereocenters. The Morgan fingerprint density at radius 2 is 2.09 bits per heavy atom. The molecule has 2 rings (SSSR count). The van der Waals surface area contributed by atoms with Crippen LogP contribution in [0.4, 0.5) is 4.79 Å². The average molecular weight is 384 g/mol. The first kappa shape index (κ1) is 18.3. The highest BCUT2D eigenvalue weighted by Crippen LogP contribution is 2.31. The third kappa shape index (κ3) is 5.21. The van der Waals surface area contributed by atoms with Gasteiger partial charge in [-0.25, -0.2) is 4.79 Å². The standard InChI is InChI=1S/C18H26BrNO3/c1-18(2,3)23-17(22)20-11-7-6-8-13(20)12-16(21)14-9-4-5-10-15(14)19/h4-5,9-10,13,16,21H,6-8,11-12H2,1-3H3/t13-,16+/m1/s1. The molecular weight excluding hydrogens is 358 g/mol. The number of aliphatic hydroxyl groups excluding tert-OH is 1. The largest absolute Gasteiger partial charge is 0.444 e. The van der Waals surface area contributed by atoms with Crippen molar-refractivity contribution in [1.29, 1.82) is 0 Å². The second-order valence-electron chi connectivity index (χ2n) is 7.10. The van der Waals surface area contributed by atoms with Gasteiger partial charge in [-0.1, -0.05) is 34.1 Å². The molecule has 128 valence electrons. The molecule has 0 bridgehead atoms. The zero-order chi connectivity index (χ0) is 17.0. The zero-order valence-electron chi connectivity index (χ0n) is 14.1. The van der Waals surface area contributed by atoms with Crippen LogP contribution < -0.4 is 0 Å². The number of ether oxygens (including phenoxy) is 1. The monoisotopic (exact) mass is 383 g/mol. The van der Waals surface area contributed by atoms with Crippen molar-refractivity contribution < 1.29 is 14.6 Å². The molecule has 23 heavy (non-hydrogen) atoms. The van der Waals surface area contributed by atoms with Crippen LogP contribution in [0.3, 0.4) is 0 Å². The number of likely N-dealkylation sites (tertiary alicyclic amines) is 1. The summed E-state index contributed by atoms with van der Waals surface area (Å²) in [5, 5.41) is 10.6. The lowest BCUT2D eigenvalue weighted by atomic mass is 9.94. The normalized spacial score (nSPS) is 20.2. The van der Waals surface area contributed by atoms with Crippen molar-refractivity contribution in [3.63, 3.8) is 0 Å². The van der Waals surface area contributed by atoms with E-state index in [1.54, 1.807) is 4.90 Å². The number of benzene rings is 1. The van der Waals surface area contributed by atoms with Crippen molar-refractivity contribution in [2.45, 2.75) is 64.2 Å². The molecule has 0 saturated carbocycles. The minimum atomic E-state index is -0.599. The summed E-state index contributed by atoms with van der Waals surface area (Å²) < 4.78 is 6.41. The molecule has 1 saturated heterocycles. The molecule has 1 fully saturated rings. The van der Waals surface area contributed by atoms with Crippen molar-refractivity contribution in [2.24, 2.45) is 0 Å². The molecule has 0 spiro atoms. The number of rotatable bonds is 3. The summed E-state index contributed by atoms with van der Waals surface area (Å²) in [4.78, 5) is 14.2. The molecule has 0 radical (unpaired) electrons. The van der Waals surface area contributed by atoms with Gasteiger partial charge in [-0.3, -0.25) is 0 Å². The van der Waals surface area contributed by atoms with E-state index in [1.807, 2.05) is 45.0 Å². The van der Waals surface area contributed by atoms with Crippen LogP contribution in [-0.2, 0) is 4.74 Å². The number of nitrogens with zero attached hydrogens (tertiary/aromatic N) is 1. The Morgan fingerprint density at radius 1 is 1.39 bits per heavy atom. The van der Waals surface area contributed by atoms with Gasteiger partial charge in [0.2, 0.25) is 0 Å². The van der Waals surface area contributed by atoms with Crippen LogP contribution in [0.5, 0.6) is 0 Å². The van der Waals surface area contributed by atoms with E-state index in [0.29, 0.717) is 13.0 Å². The summed E-state index contributed by atoms with van der Waals surface area (Å²) in [6.07, 6.45) is 2.62. The molecule has 2 atom stereocenters. The van der Waals surface area contributed by atoms with Crippen LogP contribution in [0.25, 0.3) is 0 Å². The van der Waals surface area contributed by atoms with Gasteiger partial charge in [0.25, 0.3) is 0 Å². The molecular formula is C18H26BrNO3. The Balaban J connectivity index is 2.06. The third-order valence-electron chi connectivity index (χ3n) is 4.01. The molecule has 4 nitrogen and oxygen atoms in total. The zero-order valence-corrected chi connectivity index (χ0v) is 15.7. The second-order valence-corrected chi connectivity index (χ2v) is 7.95. The van der Waals surface area contributed by atoms with Crippen LogP contribution in [-0.4, -0.2) is 34.3 Å². The van der Waals surface area contributed by atoms with Gasteiger partial charge in [0, 0.05) is 17.1 Å². The van der Waals surface area contributed by atoms with Crippen LogP contribution in [0.15, 0.2) is 28.7 Å². The van der Waals surface area contributed by atoms with Gasteiger partial charge in [0.15, 0.2) is 0 Å². The van der Waals surface area contributed by atoms with E-state index in [9.17, 15) is 9.90 Å². The lowest BCUT2D eigenvalue weighted by Gasteiger charge is -2.37. The fourth-order valence-corrected chi connectivity index (χ4v) is 3.49. The Morgan fingerprint density at radius 3 is 2.74 bits per heavy atom. The lowest BCUT2D eigenvalue weighted by molar-refractivity contribution is 0.00233. The first-order chi connectivity index (χ1) is 10.8. The van der Waals surface area contributed by atoms with E-state index in [4.69, 9.17) is 4.74 Å². The van der Waals surface area contributed by atoms with Gasteiger partial charge in [-0.05, 0) is 58.1 Å². The lowest BCUT2D eigenvalue weighted by Crippen LogP contribution is -2.46. The quantitative estimate of drug-likeness (QED) is 0.825. The number of amides is 1. The highest BCUT2D eigenvalue weighted by molar-refractivity contribution is 9.10. The second kappa shape index (κ2) is 7.67. The van der Waals surface area contributed by atoms with E-state index >= 15 is 0 Å². The summed E-state index contributed by atoms with van der Waals surface area (Å²) in [5.74, 6) is 0. The first-order valence-corrected chi connectivity index (χ1v) is 8.99. The predicted molar refractivity (Wildman–Crippen MR) is 94.3 cm³/mol. The Hall–Kier alpha value is -1.07. The SMILES string of the molecule is CC(C)(C)OC(=O)N1CCCC[C@@H]1C[C@H](O)c1ccccc1Br. The molecule has 1 aliphatic heterocycles. The van der Waals surface area contributed by atoms with Crippen LogP contribution in [0.1, 0.15) is 58.1 Å². The molecule has 1 aliphatic rings.